The van der Waals surface area contributed by atoms with Crippen LogP contribution in [0.15, 0.2) is 24.3 Å². The topological polar surface area (TPSA) is 63.6 Å². The molecule has 0 aliphatic rings. The minimum atomic E-state index is -0.777. The fourth-order valence-electron chi connectivity index (χ4n) is 1.86. The van der Waals surface area contributed by atoms with Gasteiger partial charge in [0.05, 0.1) is 6.10 Å². The number of carboxylic acid groups (broad SMARTS) is 1. The molecule has 0 aliphatic carbocycles. The first-order valence-corrected chi connectivity index (χ1v) is 7.00. The van der Waals surface area contributed by atoms with E-state index >= 15 is 0 Å². The second-order valence-electron chi connectivity index (χ2n) is 4.90. The maximum Gasteiger partial charge on any atom is 0.305 e. The molecule has 0 radical (unpaired) electrons. The molecule has 0 amide bonds. The van der Waals surface area contributed by atoms with E-state index in [2.05, 4.69) is 0 Å². The fraction of sp³-hybridized carbons (Fsp3) is 0.500. The summed E-state index contributed by atoms with van der Waals surface area (Å²) in [6.07, 6.45) is 2.68. The lowest BCUT2D eigenvalue weighted by atomic mass is 10.0. The van der Waals surface area contributed by atoms with E-state index in [4.69, 9.17) is 9.84 Å². The summed E-state index contributed by atoms with van der Waals surface area (Å²) in [7, 11) is 0. The summed E-state index contributed by atoms with van der Waals surface area (Å²) in [5.41, 5.74) is 2.20. The van der Waals surface area contributed by atoms with Gasteiger partial charge < -0.3 is 9.84 Å². The Hall–Kier alpha value is -1.84. The number of carbonyl (C=O) groups excluding carboxylic acids is 1. The highest BCUT2D eigenvalue weighted by molar-refractivity contribution is 5.69. The van der Waals surface area contributed by atoms with Crippen molar-refractivity contribution in [3.63, 3.8) is 0 Å². The second kappa shape index (κ2) is 8.35. The standard InChI is InChI=1S/C16H22O4/c1-3-16(19)20-12(2)4-5-13-6-8-14(9-7-13)10-11-15(17)18/h6-9,12H,3-5,10-11H2,1-2H3,(H,17,18). The molecule has 4 heteroatoms. The van der Waals surface area contributed by atoms with Crippen LogP contribution in [0.5, 0.6) is 0 Å². The molecule has 1 N–H and O–H groups in total. The summed E-state index contributed by atoms with van der Waals surface area (Å²) in [6, 6.07) is 7.93. The van der Waals surface area contributed by atoms with Crippen LogP contribution in [0.1, 0.15) is 44.2 Å². The van der Waals surface area contributed by atoms with E-state index in [0.29, 0.717) is 12.8 Å². The molecule has 1 aromatic carbocycles. The Balaban J connectivity index is 2.37. The summed E-state index contributed by atoms with van der Waals surface area (Å²) in [5, 5.41) is 8.63. The van der Waals surface area contributed by atoms with Gasteiger partial charge in [-0.15, -0.1) is 0 Å². The van der Waals surface area contributed by atoms with E-state index in [0.717, 1.165) is 18.4 Å². The third kappa shape index (κ3) is 6.36. The van der Waals surface area contributed by atoms with Crippen LogP contribution < -0.4 is 0 Å². The van der Waals surface area contributed by atoms with E-state index in [-0.39, 0.29) is 18.5 Å². The molecule has 0 heterocycles. The maximum atomic E-state index is 11.1. The Labute approximate surface area is 119 Å². The van der Waals surface area contributed by atoms with E-state index in [1.165, 1.54) is 5.56 Å². The van der Waals surface area contributed by atoms with Crippen LogP contribution in [0.25, 0.3) is 0 Å². The third-order valence-electron chi connectivity index (χ3n) is 3.11. The highest BCUT2D eigenvalue weighted by Gasteiger charge is 2.07. The van der Waals surface area contributed by atoms with Crippen molar-refractivity contribution in [2.75, 3.05) is 0 Å². The van der Waals surface area contributed by atoms with Gasteiger partial charge in [0.25, 0.3) is 0 Å². The van der Waals surface area contributed by atoms with Crippen molar-refractivity contribution in [2.24, 2.45) is 0 Å². The van der Waals surface area contributed by atoms with E-state index < -0.39 is 5.97 Å². The molecular formula is C16H22O4. The molecule has 0 saturated carbocycles. The Morgan fingerprint density at radius 1 is 1.15 bits per heavy atom. The smallest absolute Gasteiger partial charge is 0.305 e. The summed E-state index contributed by atoms with van der Waals surface area (Å²) in [6.45, 7) is 3.68. The van der Waals surface area contributed by atoms with Crippen LogP contribution in [-0.4, -0.2) is 23.1 Å². The number of aryl methyl sites for hydroxylation is 2. The zero-order valence-electron chi connectivity index (χ0n) is 12.1. The zero-order chi connectivity index (χ0) is 15.0. The highest BCUT2D eigenvalue weighted by atomic mass is 16.5. The predicted octanol–water partition coefficient (Wildman–Crippen LogP) is 2.98. The van der Waals surface area contributed by atoms with Gasteiger partial charge in [-0.3, -0.25) is 9.59 Å². The minimum absolute atomic E-state index is 0.0749. The van der Waals surface area contributed by atoms with Crippen LogP contribution in [-0.2, 0) is 27.2 Å². The molecule has 0 aromatic heterocycles. The average molecular weight is 278 g/mol. The Morgan fingerprint density at radius 2 is 1.70 bits per heavy atom. The molecular weight excluding hydrogens is 256 g/mol. The van der Waals surface area contributed by atoms with Gasteiger partial charge in [-0.2, -0.15) is 0 Å². The van der Waals surface area contributed by atoms with E-state index in [1.54, 1.807) is 6.92 Å². The van der Waals surface area contributed by atoms with Gasteiger partial charge in [0.15, 0.2) is 0 Å². The van der Waals surface area contributed by atoms with Gasteiger partial charge in [0.1, 0.15) is 0 Å². The number of aliphatic carboxylic acids is 1. The molecule has 0 aliphatic heterocycles. The molecule has 110 valence electrons. The van der Waals surface area contributed by atoms with Crippen LogP contribution in [0.2, 0.25) is 0 Å². The molecule has 4 nitrogen and oxygen atoms in total. The zero-order valence-corrected chi connectivity index (χ0v) is 12.1. The molecule has 1 rings (SSSR count). The first-order chi connectivity index (χ1) is 9.51. The Bertz CT molecular complexity index is 436. The quantitative estimate of drug-likeness (QED) is 0.742. The molecule has 0 bridgehead atoms. The van der Waals surface area contributed by atoms with Crippen molar-refractivity contribution in [1.29, 1.82) is 0 Å². The van der Waals surface area contributed by atoms with E-state index in [9.17, 15) is 9.59 Å². The highest BCUT2D eigenvalue weighted by Crippen LogP contribution is 2.11. The van der Waals surface area contributed by atoms with Gasteiger partial charge in [0, 0.05) is 12.8 Å². The summed E-state index contributed by atoms with van der Waals surface area (Å²) < 4.78 is 5.21. The molecule has 0 spiro atoms. The summed E-state index contributed by atoms with van der Waals surface area (Å²) >= 11 is 0. The number of carboxylic acids is 1. The molecule has 1 atom stereocenters. The van der Waals surface area contributed by atoms with Crippen LogP contribution in [0.3, 0.4) is 0 Å². The number of carbonyl (C=O) groups is 2. The van der Waals surface area contributed by atoms with Gasteiger partial charge in [0.2, 0.25) is 0 Å². The Morgan fingerprint density at radius 3 is 2.20 bits per heavy atom. The molecule has 0 saturated heterocycles. The number of benzene rings is 1. The number of esters is 1. The summed E-state index contributed by atoms with van der Waals surface area (Å²) in [4.78, 5) is 21.6. The van der Waals surface area contributed by atoms with Crippen molar-refractivity contribution in [3.8, 4) is 0 Å². The maximum absolute atomic E-state index is 11.1. The molecule has 1 unspecified atom stereocenters. The van der Waals surface area contributed by atoms with Crippen molar-refractivity contribution in [2.45, 2.75) is 52.1 Å². The van der Waals surface area contributed by atoms with Crippen LogP contribution in [0.4, 0.5) is 0 Å². The first-order valence-electron chi connectivity index (χ1n) is 7.00. The lowest BCUT2D eigenvalue weighted by Crippen LogP contribution is -2.14. The van der Waals surface area contributed by atoms with Gasteiger partial charge in [-0.25, -0.2) is 0 Å². The largest absolute Gasteiger partial charge is 0.481 e. The first kappa shape index (κ1) is 16.2. The lowest BCUT2D eigenvalue weighted by Gasteiger charge is -2.12. The number of hydrogen-bond acceptors (Lipinski definition) is 3. The third-order valence-corrected chi connectivity index (χ3v) is 3.11. The Kier molecular flexibility index (Phi) is 6.77. The summed E-state index contributed by atoms with van der Waals surface area (Å²) in [5.74, 6) is -0.942. The van der Waals surface area contributed by atoms with Crippen molar-refractivity contribution in [3.05, 3.63) is 35.4 Å². The number of hydrogen-bond donors (Lipinski definition) is 1. The predicted molar refractivity (Wildman–Crippen MR) is 76.6 cm³/mol. The van der Waals surface area contributed by atoms with Crippen molar-refractivity contribution < 1.29 is 19.4 Å². The molecule has 20 heavy (non-hydrogen) atoms. The number of rotatable bonds is 8. The molecule has 1 aromatic rings. The van der Waals surface area contributed by atoms with Crippen LogP contribution >= 0.6 is 0 Å². The van der Waals surface area contributed by atoms with Crippen molar-refractivity contribution >= 4 is 11.9 Å². The average Bonchev–Trinajstić information content (AvgIpc) is 2.43. The fourth-order valence-corrected chi connectivity index (χ4v) is 1.86. The number of ether oxygens (including phenoxy) is 1. The van der Waals surface area contributed by atoms with Crippen molar-refractivity contribution in [1.82, 2.24) is 0 Å². The minimum Gasteiger partial charge on any atom is -0.481 e. The monoisotopic (exact) mass is 278 g/mol. The van der Waals surface area contributed by atoms with Gasteiger partial charge >= 0.3 is 11.9 Å². The lowest BCUT2D eigenvalue weighted by molar-refractivity contribution is -0.148. The van der Waals surface area contributed by atoms with Crippen LogP contribution in [0, 0.1) is 0 Å². The van der Waals surface area contributed by atoms with E-state index in [1.807, 2.05) is 31.2 Å². The van der Waals surface area contributed by atoms with Gasteiger partial charge in [-0.05, 0) is 37.3 Å². The SMILES string of the molecule is CCC(=O)OC(C)CCc1ccc(CCC(=O)O)cc1. The molecule has 0 fully saturated rings. The second-order valence-corrected chi connectivity index (χ2v) is 4.90. The normalized spacial score (nSPS) is 11.9. The van der Waals surface area contributed by atoms with Gasteiger partial charge in [-0.1, -0.05) is 31.2 Å².